The molecule has 0 spiro atoms. The Bertz CT molecular complexity index is 614. The number of piperidine rings is 1. The average molecular weight is 475 g/mol. The monoisotopic (exact) mass is 474 g/mol. The maximum atomic E-state index is 12.1. The van der Waals surface area contributed by atoms with Crippen LogP contribution in [0.15, 0.2) is 12.7 Å². The van der Waals surface area contributed by atoms with Crippen LogP contribution in [0.3, 0.4) is 0 Å². The van der Waals surface area contributed by atoms with Crippen molar-refractivity contribution >= 4 is 22.7 Å². The molecule has 3 atom stereocenters. The van der Waals surface area contributed by atoms with Gasteiger partial charge in [0.2, 0.25) is 0 Å². The van der Waals surface area contributed by atoms with E-state index in [0.717, 1.165) is 0 Å². The van der Waals surface area contributed by atoms with Gasteiger partial charge in [0.05, 0.1) is 31.4 Å². The normalized spacial score (nSPS) is 23.7. The van der Waals surface area contributed by atoms with Gasteiger partial charge in [0.25, 0.3) is 0 Å². The maximum absolute atomic E-state index is 12.1. The SMILES string of the molecule is C=CCON[C@H]1CN(C(=O)O)[C@H](CO[Si](C)(C)C(C)(C)C)C[C@@H]1O[Si](C)(C)C(C)(C)C. The Labute approximate surface area is 191 Å². The van der Waals surface area contributed by atoms with E-state index in [1.54, 1.807) is 6.08 Å². The van der Waals surface area contributed by atoms with E-state index >= 15 is 0 Å². The van der Waals surface area contributed by atoms with Gasteiger partial charge < -0.3 is 18.9 Å². The molecule has 2 N–H and O–H groups in total. The second-order valence-electron chi connectivity index (χ2n) is 11.6. The molecule has 0 unspecified atom stereocenters. The zero-order chi connectivity index (χ0) is 24.3. The van der Waals surface area contributed by atoms with Crippen molar-refractivity contribution in [3.05, 3.63) is 12.7 Å². The van der Waals surface area contributed by atoms with Crippen LogP contribution >= 0.6 is 0 Å². The van der Waals surface area contributed by atoms with Crippen molar-refractivity contribution in [2.24, 2.45) is 0 Å². The number of likely N-dealkylation sites (tertiary alicyclic amines) is 1. The fourth-order valence-corrected chi connectivity index (χ4v) is 5.38. The van der Waals surface area contributed by atoms with Gasteiger partial charge in [-0.2, -0.15) is 5.48 Å². The summed E-state index contributed by atoms with van der Waals surface area (Å²) in [4.78, 5) is 19.1. The van der Waals surface area contributed by atoms with Crippen LogP contribution in [0, 0.1) is 0 Å². The quantitative estimate of drug-likeness (QED) is 0.206. The van der Waals surface area contributed by atoms with Crippen molar-refractivity contribution in [1.29, 1.82) is 0 Å². The van der Waals surface area contributed by atoms with Crippen molar-refractivity contribution in [2.75, 3.05) is 19.8 Å². The number of hydrogen-bond donors (Lipinski definition) is 2. The van der Waals surface area contributed by atoms with Gasteiger partial charge in [-0.05, 0) is 42.7 Å². The Morgan fingerprint density at radius 3 is 2.13 bits per heavy atom. The van der Waals surface area contributed by atoms with Gasteiger partial charge in [-0.1, -0.05) is 47.6 Å². The Morgan fingerprint density at radius 1 is 1.13 bits per heavy atom. The first-order valence-corrected chi connectivity index (χ1v) is 17.0. The van der Waals surface area contributed by atoms with E-state index in [4.69, 9.17) is 13.7 Å². The molecule has 1 saturated heterocycles. The topological polar surface area (TPSA) is 80.3 Å². The largest absolute Gasteiger partial charge is 0.465 e. The zero-order valence-electron chi connectivity index (χ0n) is 21.4. The van der Waals surface area contributed by atoms with Crippen LogP contribution in [0.4, 0.5) is 4.79 Å². The van der Waals surface area contributed by atoms with E-state index in [0.29, 0.717) is 19.6 Å². The van der Waals surface area contributed by atoms with Gasteiger partial charge in [0.15, 0.2) is 16.6 Å². The molecule has 0 aromatic rings. The van der Waals surface area contributed by atoms with E-state index in [1.807, 2.05) is 0 Å². The van der Waals surface area contributed by atoms with Crippen molar-refractivity contribution < 1.29 is 23.6 Å². The van der Waals surface area contributed by atoms with Crippen LogP contribution in [0.5, 0.6) is 0 Å². The standard InChI is InChI=1S/C22H46N2O5Si2/c1-12-13-27-23-18-15-24(20(25)26)17(16-28-30(8,9)21(2,3)4)14-19(18)29-31(10,11)22(5,6)7/h12,17-19,23H,1,13-16H2,2-11H3,(H,25,26)/t17-,18-,19-/m0/s1. The molecule has 1 aliphatic heterocycles. The molecule has 0 aromatic heterocycles. The molecular weight excluding hydrogens is 428 g/mol. The smallest absolute Gasteiger partial charge is 0.407 e. The molecule has 1 heterocycles. The molecule has 0 radical (unpaired) electrons. The maximum Gasteiger partial charge on any atom is 0.407 e. The molecule has 182 valence electrons. The van der Waals surface area contributed by atoms with Gasteiger partial charge in [-0.3, -0.25) is 4.84 Å². The Morgan fingerprint density at radius 2 is 1.68 bits per heavy atom. The summed E-state index contributed by atoms with van der Waals surface area (Å²) >= 11 is 0. The first-order valence-electron chi connectivity index (χ1n) is 11.2. The third-order valence-electron chi connectivity index (χ3n) is 7.16. The molecule has 1 rings (SSSR count). The summed E-state index contributed by atoms with van der Waals surface area (Å²) < 4.78 is 13.2. The molecule has 0 bridgehead atoms. The number of amides is 1. The number of rotatable bonds is 9. The third-order valence-corrected chi connectivity index (χ3v) is 16.2. The fraction of sp³-hybridized carbons (Fsp3) is 0.864. The van der Waals surface area contributed by atoms with E-state index in [1.165, 1.54) is 4.90 Å². The third kappa shape index (κ3) is 7.68. The van der Waals surface area contributed by atoms with Gasteiger partial charge in [-0.25, -0.2) is 4.79 Å². The minimum absolute atomic E-state index is 0.0522. The molecule has 1 aliphatic rings. The van der Waals surface area contributed by atoms with Crippen molar-refractivity contribution in [2.45, 2.75) is 102 Å². The molecule has 1 fully saturated rings. The van der Waals surface area contributed by atoms with E-state index in [9.17, 15) is 9.90 Å². The number of carbonyl (C=O) groups is 1. The number of carboxylic acid groups (broad SMARTS) is 1. The predicted molar refractivity (Wildman–Crippen MR) is 131 cm³/mol. The molecule has 0 aromatic carbocycles. The molecule has 0 saturated carbocycles. The van der Waals surface area contributed by atoms with Crippen molar-refractivity contribution in [3.8, 4) is 0 Å². The lowest BCUT2D eigenvalue weighted by atomic mass is 9.96. The van der Waals surface area contributed by atoms with Crippen molar-refractivity contribution in [3.63, 3.8) is 0 Å². The number of hydroxylamine groups is 1. The van der Waals surface area contributed by atoms with Gasteiger partial charge >= 0.3 is 6.09 Å². The number of hydrogen-bond acceptors (Lipinski definition) is 5. The minimum Gasteiger partial charge on any atom is -0.465 e. The summed E-state index contributed by atoms with van der Waals surface area (Å²) in [5, 5.41) is 10.0. The summed E-state index contributed by atoms with van der Waals surface area (Å²) in [6.07, 6.45) is 1.13. The van der Waals surface area contributed by atoms with E-state index in [-0.39, 0.29) is 34.8 Å². The van der Waals surface area contributed by atoms with Gasteiger partial charge in [0.1, 0.15) is 0 Å². The second kappa shape index (κ2) is 10.5. The van der Waals surface area contributed by atoms with E-state index in [2.05, 4.69) is 79.8 Å². The lowest BCUT2D eigenvalue weighted by molar-refractivity contribution is -0.0544. The molecule has 0 aliphatic carbocycles. The summed E-state index contributed by atoms with van der Waals surface area (Å²) in [6.45, 7) is 26.7. The highest BCUT2D eigenvalue weighted by Gasteiger charge is 2.46. The molecule has 9 heteroatoms. The van der Waals surface area contributed by atoms with Gasteiger partial charge in [-0.15, -0.1) is 6.58 Å². The summed E-state index contributed by atoms with van der Waals surface area (Å²) in [7, 11) is -4.06. The fourth-order valence-electron chi connectivity index (χ4n) is 2.96. The first-order chi connectivity index (χ1) is 13.9. The Balaban J connectivity index is 3.10. The lowest BCUT2D eigenvalue weighted by Gasteiger charge is -2.48. The van der Waals surface area contributed by atoms with Crippen molar-refractivity contribution in [1.82, 2.24) is 10.4 Å². The van der Waals surface area contributed by atoms with Crippen LogP contribution in [0.1, 0.15) is 48.0 Å². The molecular formula is C22H46N2O5Si2. The van der Waals surface area contributed by atoms with E-state index < -0.39 is 22.7 Å². The van der Waals surface area contributed by atoms with Crippen LogP contribution in [0.25, 0.3) is 0 Å². The first kappa shape index (κ1) is 28.3. The minimum atomic E-state index is -2.06. The molecule has 1 amide bonds. The second-order valence-corrected chi connectivity index (χ2v) is 21.2. The lowest BCUT2D eigenvalue weighted by Crippen LogP contribution is -2.63. The summed E-state index contributed by atoms with van der Waals surface area (Å²) in [6, 6.07) is -0.506. The molecule has 7 nitrogen and oxygen atoms in total. The Kier molecular flexibility index (Phi) is 9.57. The molecule has 31 heavy (non-hydrogen) atoms. The van der Waals surface area contributed by atoms with Crippen LogP contribution in [0.2, 0.25) is 36.3 Å². The summed E-state index contributed by atoms with van der Waals surface area (Å²) in [5.41, 5.74) is 3.04. The zero-order valence-corrected chi connectivity index (χ0v) is 23.4. The Hall–Kier alpha value is -0.716. The highest BCUT2D eigenvalue weighted by atomic mass is 28.4. The van der Waals surface area contributed by atoms with Crippen LogP contribution in [-0.4, -0.2) is 70.7 Å². The number of nitrogens with one attached hydrogen (secondary N) is 1. The number of nitrogens with zero attached hydrogens (tertiary/aromatic N) is 1. The predicted octanol–water partition coefficient (Wildman–Crippen LogP) is 5.23. The van der Waals surface area contributed by atoms with Crippen LogP contribution < -0.4 is 5.48 Å². The highest BCUT2D eigenvalue weighted by molar-refractivity contribution is 6.74. The van der Waals surface area contributed by atoms with Crippen LogP contribution in [-0.2, 0) is 13.7 Å². The van der Waals surface area contributed by atoms with Gasteiger partial charge in [0, 0.05) is 6.54 Å². The highest BCUT2D eigenvalue weighted by Crippen LogP contribution is 2.40. The summed E-state index contributed by atoms with van der Waals surface area (Å²) in [5.74, 6) is 0. The average Bonchev–Trinajstić information content (AvgIpc) is 2.59.